The summed E-state index contributed by atoms with van der Waals surface area (Å²) in [5.41, 5.74) is 0. The first-order chi connectivity index (χ1) is 9.83. The molecule has 3 rings (SSSR count). The molecule has 1 aliphatic heterocycles. The molecule has 0 bridgehead atoms. The number of nitrogens with one attached hydrogen (secondary N) is 2. The lowest BCUT2D eigenvalue weighted by Crippen LogP contribution is -2.47. The van der Waals surface area contributed by atoms with Gasteiger partial charge in [-0.1, -0.05) is 18.0 Å². The van der Waals surface area contributed by atoms with Crippen LogP contribution in [-0.4, -0.2) is 35.3 Å². The average Bonchev–Trinajstić information content (AvgIpc) is 3.11. The first-order valence-electron chi connectivity index (χ1n) is 8.09. The van der Waals surface area contributed by atoms with E-state index in [-0.39, 0.29) is 0 Å². The molecular weight excluding hydrogens is 252 g/mol. The van der Waals surface area contributed by atoms with Gasteiger partial charge in [0.05, 0.1) is 0 Å². The first kappa shape index (κ1) is 14.0. The van der Waals surface area contributed by atoms with Gasteiger partial charge in [0, 0.05) is 32.0 Å². The summed E-state index contributed by atoms with van der Waals surface area (Å²) in [5.74, 6) is 2.28. The van der Waals surface area contributed by atoms with E-state index in [1.807, 2.05) is 6.92 Å². The standard InChI is InChI=1S/C15H26N4O/c1-11-18-15(19-20-11)8-10-17-13-6-3-2-5-12(13)14-7-4-9-16-14/h12-14,16-17H,2-10H2,1H3. The quantitative estimate of drug-likeness (QED) is 0.860. The molecule has 0 aromatic carbocycles. The molecule has 1 aromatic rings. The number of aromatic nitrogens is 2. The van der Waals surface area contributed by atoms with E-state index in [1.54, 1.807) is 0 Å². The van der Waals surface area contributed by atoms with Crippen LogP contribution in [0.15, 0.2) is 4.52 Å². The lowest BCUT2D eigenvalue weighted by molar-refractivity contribution is 0.215. The fraction of sp³-hybridized carbons (Fsp3) is 0.867. The highest BCUT2D eigenvalue weighted by Crippen LogP contribution is 2.30. The predicted molar refractivity (Wildman–Crippen MR) is 77.5 cm³/mol. The lowest BCUT2D eigenvalue weighted by atomic mass is 9.79. The maximum Gasteiger partial charge on any atom is 0.223 e. The summed E-state index contributed by atoms with van der Waals surface area (Å²) in [5, 5.41) is 11.4. The molecule has 0 spiro atoms. The topological polar surface area (TPSA) is 63.0 Å². The highest BCUT2D eigenvalue weighted by atomic mass is 16.5. The maximum atomic E-state index is 5.01. The molecule has 3 unspecified atom stereocenters. The van der Waals surface area contributed by atoms with Crippen molar-refractivity contribution >= 4 is 0 Å². The Morgan fingerprint density at radius 2 is 2.15 bits per heavy atom. The molecule has 2 fully saturated rings. The molecule has 1 aliphatic carbocycles. The average molecular weight is 278 g/mol. The molecule has 1 saturated heterocycles. The zero-order valence-corrected chi connectivity index (χ0v) is 12.4. The number of rotatable bonds is 5. The van der Waals surface area contributed by atoms with E-state index < -0.39 is 0 Å². The normalized spacial score (nSPS) is 30.8. The number of aryl methyl sites for hydroxylation is 1. The first-order valence-corrected chi connectivity index (χ1v) is 8.09. The second-order valence-electron chi connectivity index (χ2n) is 6.19. The van der Waals surface area contributed by atoms with Crippen LogP contribution in [0.2, 0.25) is 0 Å². The minimum Gasteiger partial charge on any atom is -0.340 e. The van der Waals surface area contributed by atoms with Crippen molar-refractivity contribution in [1.82, 2.24) is 20.8 Å². The Balaban J connectivity index is 1.49. The summed E-state index contributed by atoms with van der Waals surface area (Å²) in [6, 6.07) is 1.40. The molecule has 5 heteroatoms. The smallest absolute Gasteiger partial charge is 0.223 e. The molecule has 2 aliphatic rings. The van der Waals surface area contributed by atoms with Crippen LogP contribution in [0.5, 0.6) is 0 Å². The summed E-state index contributed by atoms with van der Waals surface area (Å²) in [7, 11) is 0. The lowest BCUT2D eigenvalue weighted by Gasteiger charge is -2.36. The van der Waals surface area contributed by atoms with Gasteiger partial charge in [-0.15, -0.1) is 0 Å². The summed E-state index contributed by atoms with van der Waals surface area (Å²) in [6.45, 7) is 4.00. The van der Waals surface area contributed by atoms with Gasteiger partial charge in [0.1, 0.15) is 0 Å². The molecule has 1 aromatic heterocycles. The molecule has 0 radical (unpaired) electrons. The third-order valence-electron chi connectivity index (χ3n) is 4.76. The Hall–Kier alpha value is -0.940. The van der Waals surface area contributed by atoms with Gasteiger partial charge in [-0.2, -0.15) is 4.98 Å². The second-order valence-corrected chi connectivity index (χ2v) is 6.19. The largest absolute Gasteiger partial charge is 0.340 e. The van der Waals surface area contributed by atoms with Crippen LogP contribution in [0.4, 0.5) is 0 Å². The van der Waals surface area contributed by atoms with Crippen LogP contribution in [0.25, 0.3) is 0 Å². The molecule has 5 nitrogen and oxygen atoms in total. The van der Waals surface area contributed by atoms with E-state index in [2.05, 4.69) is 20.8 Å². The van der Waals surface area contributed by atoms with Crippen molar-refractivity contribution in [3.63, 3.8) is 0 Å². The van der Waals surface area contributed by atoms with E-state index in [0.717, 1.165) is 30.7 Å². The van der Waals surface area contributed by atoms with E-state index >= 15 is 0 Å². The Kier molecular flexibility index (Phi) is 4.68. The van der Waals surface area contributed by atoms with Gasteiger partial charge < -0.3 is 15.2 Å². The highest BCUT2D eigenvalue weighted by molar-refractivity contribution is 4.92. The van der Waals surface area contributed by atoms with Gasteiger partial charge >= 0.3 is 0 Å². The van der Waals surface area contributed by atoms with Gasteiger partial charge in [0.15, 0.2) is 5.82 Å². The summed E-state index contributed by atoms with van der Waals surface area (Å²) < 4.78 is 5.01. The van der Waals surface area contributed by atoms with Gasteiger partial charge in [0.2, 0.25) is 5.89 Å². The maximum absolute atomic E-state index is 5.01. The van der Waals surface area contributed by atoms with E-state index in [0.29, 0.717) is 11.9 Å². The molecule has 1 saturated carbocycles. The Morgan fingerprint density at radius 3 is 2.90 bits per heavy atom. The van der Waals surface area contributed by atoms with Crippen LogP contribution >= 0.6 is 0 Å². The minimum absolute atomic E-state index is 0.658. The molecule has 0 amide bonds. The van der Waals surface area contributed by atoms with Crippen molar-refractivity contribution < 1.29 is 4.52 Å². The van der Waals surface area contributed by atoms with Gasteiger partial charge in [0.25, 0.3) is 0 Å². The fourth-order valence-electron chi connectivity index (χ4n) is 3.78. The second kappa shape index (κ2) is 6.68. The van der Waals surface area contributed by atoms with Crippen molar-refractivity contribution in [2.45, 2.75) is 64.0 Å². The van der Waals surface area contributed by atoms with Crippen molar-refractivity contribution in [2.75, 3.05) is 13.1 Å². The molecule has 112 valence electrons. The molecule has 3 atom stereocenters. The van der Waals surface area contributed by atoms with Crippen molar-refractivity contribution in [3.8, 4) is 0 Å². The highest BCUT2D eigenvalue weighted by Gasteiger charge is 2.32. The SMILES string of the molecule is Cc1nc(CCNC2CCCCC2C2CCCN2)no1. The molecule has 2 heterocycles. The molecular formula is C15H26N4O. The van der Waals surface area contributed by atoms with Gasteiger partial charge in [-0.05, 0) is 38.1 Å². The number of hydrogen-bond acceptors (Lipinski definition) is 5. The number of hydrogen-bond donors (Lipinski definition) is 2. The predicted octanol–water partition coefficient (Wildman–Crippen LogP) is 1.82. The molecule has 20 heavy (non-hydrogen) atoms. The van der Waals surface area contributed by atoms with Crippen LogP contribution in [0, 0.1) is 12.8 Å². The van der Waals surface area contributed by atoms with E-state index in [1.165, 1.54) is 45.1 Å². The zero-order chi connectivity index (χ0) is 13.8. The van der Waals surface area contributed by atoms with Crippen LogP contribution < -0.4 is 10.6 Å². The summed E-state index contributed by atoms with van der Waals surface area (Å²) >= 11 is 0. The zero-order valence-electron chi connectivity index (χ0n) is 12.4. The van der Waals surface area contributed by atoms with Crippen molar-refractivity contribution in [2.24, 2.45) is 5.92 Å². The van der Waals surface area contributed by atoms with Gasteiger partial charge in [-0.3, -0.25) is 0 Å². The number of nitrogens with zero attached hydrogens (tertiary/aromatic N) is 2. The van der Waals surface area contributed by atoms with Crippen molar-refractivity contribution in [3.05, 3.63) is 11.7 Å². The third-order valence-corrected chi connectivity index (χ3v) is 4.76. The fourth-order valence-corrected chi connectivity index (χ4v) is 3.78. The third kappa shape index (κ3) is 3.38. The molecule has 2 N–H and O–H groups in total. The van der Waals surface area contributed by atoms with Crippen LogP contribution in [-0.2, 0) is 6.42 Å². The summed E-state index contributed by atoms with van der Waals surface area (Å²) in [6.07, 6.45) is 9.00. The van der Waals surface area contributed by atoms with Crippen LogP contribution in [0.1, 0.15) is 50.2 Å². The minimum atomic E-state index is 0.658. The van der Waals surface area contributed by atoms with Gasteiger partial charge in [-0.25, -0.2) is 0 Å². The Labute approximate surface area is 120 Å². The van der Waals surface area contributed by atoms with Crippen molar-refractivity contribution in [1.29, 1.82) is 0 Å². The monoisotopic (exact) mass is 278 g/mol. The Bertz CT molecular complexity index is 414. The Morgan fingerprint density at radius 1 is 1.25 bits per heavy atom. The van der Waals surface area contributed by atoms with Crippen LogP contribution in [0.3, 0.4) is 0 Å². The van der Waals surface area contributed by atoms with E-state index in [4.69, 9.17) is 4.52 Å². The summed E-state index contributed by atoms with van der Waals surface area (Å²) in [4.78, 5) is 4.26. The van der Waals surface area contributed by atoms with E-state index in [9.17, 15) is 0 Å².